The van der Waals surface area contributed by atoms with Crippen LogP contribution in [0.15, 0.2) is 84.0 Å². The standard InChI is InChI=1S/C29H24ClN3O3/c1-35-25-16-20-13-14-32-28(27(34)21-8-7-18-5-3-4-6-19(18)15-21)31-33(23-11-9-22(30)10-12-23)29(32)24(20)17-26(25)36-2/h3-12,15-17,29H,13-14H2,1-2H3/t29-/m0/s1. The van der Waals surface area contributed by atoms with Crippen molar-refractivity contribution in [2.24, 2.45) is 5.10 Å². The van der Waals surface area contributed by atoms with Crippen molar-refractivity contribution in [2.45, 2.75) is 12.6 Å². The van der Waals surface area contributed by atoms with E-state index in [1.165, 1.54) is 0 Å². The summed E-state index contributed by atoms with van der Waals surface area (Å²) in [6.07, 6.45) is 0.458. The third-order valence-electron chi connectivity index (χ3n) is 6.85. The molecule has 0 unspecified atom stereocenters. The Morgan fingerprint density at radius 3 is 2.39 bits per heavy atom. The Balaban J connectivity index is 1.47. The molecule has 0 bridgehead atoms. The van der Waals surface area contributed by atoms with E-state index in [1.807, 2.05) is 83.9 Å². The number of fused-ring (bicyclic) bond motifs is 4. The molecule has 0 saturated carbocycles. The molecule has 1 atom stereocenters. The van der Waals surface area contributed by atoms with E-state index >= 15 is 0 Å². The van der Waals surface area contributed by atoms with Crippen LogP contribution >= 0.6 is 11.6 Å². The van der Waals surface area contributed by atoms with Crippen LogP contribution in [0, 0.1) is 0 Å². The molecule has 2 aliphatic heterocycles. The van der Waals surface area contributed by atoms with Gasteiger partial charge in [0.25, 0.3) is 0 Å². The fraction of sp³-hybridized carbons (Fsp3) is 0.172. The average Bonchev–Trinajstić information content (AvgIpc) is 3.32. The summed E-state index contributed by atoms with van der Waals surface area (Å²) in [5.74, 6) is 1.65. The van der Waals surface area contributed by atoms with Crippen LogP contribution < -0.4 is 14.5 Å². The number of rotatable bonds is 5. The van der Waals surface area contributed by atoms with E-state index in [4.69, 9.17) is 26.2 Å². The van der Waals surface area contributed by atoms with Gasteiger partial charge in [-0.2, -0.15) is 0 Å². The van der Waals surface area contributed by atoms with Gasteiger partial charge in [0.15, 0.2) is 23.5 Å². The number of halogens is 1. The van der Waals surface area contributed by atoms with E-state index in [0.717, 1.165) is 34.0 Å². The summed E-state index contributed by atoms with van der Waals surface area (Å²) in [6, 6.07) is 25.3. The maximum atomic E-state index is 13.8. The maximum Gasteiger partial charge on any atom is 0.230 e. The Labute approximate surface area is 214 Å². The van der Waals surface area contributed by atoms with Crippen molar-refractivity contribution >= 4 is 39.7 Å². The highest BCUT2D eigenvalue weighted by molar-refractivity contribution is 6.46. The Morgan fingerprint density at radius 2 is 1.64 bits per heavy atom. The molecule has 0 fully saturated rings. The summed E-state index contributed by atoms with van der Waals surface area (Å²) in [6.45, 7) is 0.648. The minimum Gasteiger partial charge on any atom is -0.493 e. The normalized spacial score (nSPS) is 16.4. The SMILES string of the molecule is COc1cc2c(cc1OC)[C@H]1N(CC2)C(C(=O)c2ccc3ccccc3c2)=NN1c1ccc(Cl)cc1. The number of ketones is 1. The minimum atomic E-state index is -0.297. The monoisotopic (exact) mass is 497 g/mol. The summed E-state index contributed by atoms with van der Waals surface area (Å²) in [4.78, 5) is 15.9. The highest BCUT2D eigenvalue weighted by Crippen LogP contribution is 2.44. The molecular formula is C29H24ClN3O3. The van der Waals surface area contributed by atoms with Crippen molar-refractivity contribution in [3.63, 3.8) is 0 Å². The first kappa shape index (κ1) is 22.4. The van der Waals surface area contributed by atoms with Gasteiger partial charge in [0.1, 0.15) is 0 Å². The first-order valence-corrected chi connectivity index (χ1v) is 12.1. The van der Waals surface area contributed by atoms with Crippen molar-refractivity contribution in [1.82, 2.24) is 4.90 Å². The zero-order valence-corrected chi connectivity index (χ0v) is 20.7. The molecule has 0 radical (unpaired) electrons. The van der Waals surface area contributed by atoms with Crippen LogP contribution in [0.2, 0.25) is 5.02 Å². The molecule has 4 aromatic carbocycles. The van der Waals surface area contributed by atoms with E-state index in [-0.39, 0.29) is 11.9 Å². The van der Waals surface area contributed by atoms with Gasteiger partial charge in [0, 0.05) is 22.7 Å². The fourth-order valence-electron chi connectivity index (χ4n) is 5.05. The van der Waals surface area contributed by atoms with E-state index in [9.17, 15) is 4.79 Å². The number of nitrogens with zero attached hydrogens (tertiary/aromatic N) is 3. The largest absolute Gasteiger partial charge is 0.493 e. The molecule has 36 heavy (non-hydrogen) atoms. The second-order valence-corrected chi connectivity index (χ2v) is 9.30. The number of amidine groups is 1. The Bertz CT molecular complexity index is 1520. The van der Waals surface area contributed by atoms with Crippen molar-refractivity contribution in [1.29, 1.82) is 0 Å². The number of methoxy groups -OCH3 is 2. The van der Waals surface area contributed by atoms with E-state index in [2.05, 4.69) is 4.90 Å². The highest BCUT2D eigenvalue weighted by atomic mass is 35.5. The van der Waals surface area contributed by atoms with Crippen molar-refractivity contribution in [3.8, 4) is 11.5 Å². The summed E-state index contributed by atoms with van der Waals surface area (Å²) in [5, 5.41) is 9.55. The number of carbonyl (C=O) groups is 1. The lowest BCUT2D eigenvalue weighted by atomic mass is 9.94. The third kappa shape index (κ3) is 3.65. The number of hydrogen-bond acceptors (Lipinski definition) is 6. The van der Waals surface area contributed by atoms with Gasteiger partial charge in [-0.25, -0.2) is 5.01 Å². The summed E-state index contributed by atoms with van der Waals surface area (Å²) in [7, 11) is 3.26. The molecule has 6 rings (SSSR count). The predicted molar refractivity (Wildman–Crippen MR) is 142 cm³/mol. The lowest BCUT2D eigenvalue weighted by Gasteiger charge is -2.37. The van der Waals surface area contributed by atoms with Gasteiger partial charge in [-0.1, -0.05) is 48.0 Å². The van der Waals surface area contributed by atoms with E-state index in [1.54, 1.807) is 14.2 Å². The number of hydrogen-bond donors (Lipinski definition) is 0. The van der Waals surface area contributed by atoms with Gasteiger partial charge in [-0.15, -0.1) is 5.10 Å². The number of ether oxygens (including phenoxy) is 2. The van der Waals surface area contributed by atoms with Crippen LogP contribution in [0.25, 0.3) is 10.8 Å². The number of hydrazone groups is 1. The minimum absolute atomic E-state index is 0.105. The lowest BCUT2D eigenvalue weighted by molar-refractivity contribution is 0.104. The van der Waals surface area contributed by atoms with Crippen molar-refractivity contribution in [2.75, 3.05) is 25.8 Å². The highest BCUT2D eigenvalue weighted by Gasteiger charge is 2.43. The lowest BCUT2D eigenvalue weighted by Crippen LogP contribution is -2.42. The van der Waals surface area contributed by atoms with Crippen LogP contribution in [0.3, 0.4) is 0 Å². The summed E-state index contributed by atoms with van der Waals surface area (Å²) < 4.78 is 11.1. The smallest absolute Gasteiger partial charge is 0.230 e. The summed E-state index contributed by atoms with van der Waals surface area (Å²) in [5.41, 5.74) is 3.63. The topological polar surface area (TPSA) is 54.4 Å². The molecule has 0 aliphatic carbocycles. The van der Waals surface area contributed by atoms with Crippen LogP contribution in [-0.4, -0.2) is 37.3 Å². The van der Waals surface area contributed by atoms with Gasteiger partial charge in [-0.05, 0) is 65.2 Å². The molecule has 7 heteroatoms. The first-order chi connectivity index (χ1) is 17.6. The molecular weight excluding hydrogens is 474 g/mol. The van der Waals surface area contributed by atoms with Gasteiger partial charge in [0.05, 0.1) is 19.9 Å². The van der Waals surface area contributed by atoms with Crippen LogP contribution in [0.5, 0.6) is 11.5 Å². The molecule has 6 nitrogen and oxygen atoms in total. The van der Waals surface area contributed by atoms with Crippen molar-refractivity contribution < 1.29 is 14.3 Å². The Kier molecular flexibility index (Phi) is 5.53. The zero-order chi connectivity index (χ0) is 24.8. The average molecular weight is 498 g/mol. The molecule has 4 aromatic rings. The number of anilines is 1. The molecule has 180 valence electrons. The maximum absolute atomic E-state index is 13.8. The first-order valence-electron chi connectivity index (χ1n) is 11.8. The molecule has 0 spiro atoms. The summed E-state index contributed by atoms with van der Waals surface area (Å²) >= 11 is 6.17. The van der Waals surface area contributed by atoms with E-state index < -0.39 is 0 Å². The fourth-order valence-corrected chi connectivity index (χ4v) is 5.18. The van der Waals surface area contributed by atoms with E-state index in [0.29, 0.717) is 34.5 Å². The molecule has 0 amide bonds. The Morgan fingerprint density at radius 1 is 0.917 bits per heavy atom. The number of carbonyl (C=O) groups excluding carboxylic acids is 1. The van der Waals surface area contributed by atoms with Crippen molar-refractivity contribution in [3.05, 3.63) is 101 Å². The number of benzene rings is 4. The zero-order valence-electron chi connectivity index (χ0n) is 19.9. The van der Waals surface area contributed by atoms with Gasteiger partial charge in [-0.3, -0.25) is 4.79 Å². The van der Waals surface area contributed by atoms with Gasteiger partial charge >= 0.3 is 0 Å². The quantitative estimate of drug-likeness (QED) is 0.313. The van der Waals surface area contributed by atoms with Gasteiger partial charge in [0.2, 0.25) is 5.78 Å². The third-order valence-corrected chi connectivity index (χ3v) is 7.10. The molecule has 0 saturated heterocycles. The molecule has 2 aliphatic rings. The molecule has 0 N–H and O–H groups in total. The number of Topliss-reactive ketones (excluding diaryl/α,β-unsaturated/α-hetero) is 1. The molecule has 0 aromatic heterocycles. The van der Waals surface area contributed by atoms with Gasteiger partial charge < -0.3 is 14.4 Å². The Hall–Kier alpha value is -4.03. The van der Waals surface area contributed by atoms with Crippen LogP contribution in [0.4, 0.5) is 5.69 Å². The second kappa shape index (κ2) is 8.88. The van der Waals surface area contributed by atoms with Crippen LogP contribution in [-0.2, 0) is 6.42 Å². The molecule has 2 heterocycles. The van der Waals surface area contributed by atoms with Crippen LogP contribution in [0.1, 0.15) is 27.7 Å². The second-order valence-electron chi connectivity index (χ2n) is 8.86. The predicted octanol–water partition coefficient (Wildman–Crippen LogP) is 6.08.